The fraction of sp³-hybridized carbons (Fsp3) is 0.583. The first kappa shape index (κ1) is 12.9. The molecule has 1 N–H and O–H groups in total. The minimum atomic E-state index is -0.521. The molecule has 1 atom stereocenters. The number of rotatable bonds is 6. The van der Waals surface area contributed by atoms with Gasteiger partial charge in [0.15, 0.2) is 0 Å². The van der Waals surface area contributed by atoms with Gasteiger partial charge in [0.1, 0.15) is 5.75 Å². The summed E-state index contributed by atoms with van der Waals surface area (Å²) >= 11 is 0. The van der Waals surface area contributed by atoms with Crippen LogP contribution in [0.15, 0.2) is 18.5 Å². The fourth-order valence-corrected chi connectivity index (χ4v) is 1.37. The minimum absolute atomic E-state index is 0.521. The Labute approximate surface area is 96.9 Å². The van der Waals surface area contributed by atoms with Gasteiger partial charge in [0, 0.05) is 18.3 Å². The van der Waals surface area contributed by atoms with Crippen LogP contribution in [0.3, 0.4) is 0 Å². The highest BCUT2D eigenvalue weighted by Gasteiger charge is 2.09. The zero-order valence-electron chi connectivity index (χ0n) is 10.2. The van der Waals surface area contributed by atoms with Crippen molar-refractivity contribution in [1.29, 1.82) is 0 Å². The molecule has 1 unspecified atom stereocenters. The van der Waals surface area contributed by atoms with Crippen LogP contribution in [0.4, 0.5) is 0 Å². The van der Waals surface area contributed by atoms with Crippen molar-refractivity contribution in [2.24, 2.45) is 0 Å². The van der Waals surface area contributed by atoms with E-state index < -0.39 is 6.10 Å². The molecule has 0 amide bonds. The molecule has 0 aliphatic heterocycles. The van der Waals surface area contributed by atoms with Crippen LogP contribution in [-0.4, -0.2) is 42.2 Å². The third-order valence-corrected chi connectivity index (χ3v) is 2.13. The topological polar surface area (TPSA) is 45.6 Å². The third-order valence-electron chi connectivity index (χ3n) is 2.13. The van der Waals surface area contributed by atoms with Gasteiger partial charge in [-0.2, -0.15) is 0 Å². The average Bonchev–Trinajstić information content (AvgIpc) is 2.26. The zero-order valence-corrected chi connectivity index (χ0v) is 10.2. The predicted molar refractivity (Wildman–Crippen MR) is 63.5 cm³/mol. The van der Waals surface area contributed by atoms with Crippen molar-refractivity contribution in [3.63, 3.8) is 0 Å². The minimum Gasteiger partial charge on any atom is -0.492 e. The highest BCUT2D eigenvalue weighted by atomic mass is 16.5. The molecule has 0 spiro atoms. The molecule has 0 bridgehead atoms. The lowest BCUT2D eigenvalue weighted by molar-refractivity contribution is 0.137. The quantitative estimate of drug-likeness (QED) is 0.794. The van der Waals surface area contributed by atoms with Crippen LogP contribution in [-0.2, 0) is 0 Å². The molecule has 0 radical (unpaired) electrons. The number of nitrogens with zero attached hydrogens (tertiary/aromatic N) is 2. The van der Waals surface area contributed by atoms with E-state index in [4.69, 9.17) is 4.74 Å². The summed E-state index contributed by atoms with van der Waals surface area (Å²) in [6, 6.07) is 1.84. The molecule has 0 saturated carbocycles. The molecule has 0 fully saturated rings. The first-order valence-electron chi connectivity index (χ1n) is 5.54. The van der Waals surface area contributed by atoms with Gasteiger partial charge in [0.05, 0.1) is 18.9 Å². The molecule has 0 aliphatic rings. The first-order chi connectivity index (χ1) is 7.63. The Hall–Kier alpha value is -1.13. The zero-order chi connectivity index (χ0) is 12.0. The van der Waals surface area contributed by atoms with E-state index in [1.807, 2.05) is 25.1 Å². The smallest absolute Gasteiger partial charge is 0.137 e. The Morgan fingerprint density at radius 3 is 2.81 bits per heavy atom. The number of aliphatic hydroxyl groups is 1. The summed E-state index contributed by atoms with van der Waals surface area (Å²) in [6.45, 7) is 3.31. The van der Waals surface area contributed by atoms with Crippen LogP contribution in [0.2, 0.25) is 0 Å². The number of pyridine rings is 1. The van der Waals surface area contributed by atoms with Gasteiger partial charge >= 0.3 is 0 Å². The molecular weight excluding hydrogens is 204 g/mol. The molecule has 16 heavy (non-hydrogen) atoms. The van der Waals surface area contributed by atoms with Crippen LogP contribution < -0.4 is 4.74 Å². The van der Waals surface area contributed by atoms with Crippen molar-refractivity contribution in [2.75, 3.05) is 27.2 Å². The maximum absolute atomic E-state index is 9.90. The Balaban J connectivity index is 2.65. The second-order valence-corrected chi connectivity index (χ2v) is 4.08. The Morgan fingerprint density at radius 2 is 2.19 bits per heavy atom. The molecule has 0 aliphatic carbocycles. The van der Waals surface area contributed by atoms with Crippen LogP contribution in [0, 0.1) is 0 Å². The van der Waals surface area contributed by atoms with E-state index in [0.717, 1.165) is 17.7 Å². The van der Waals surface area contributed by atoms with E-state index in [1.165, 1.54) is 0 Å². The lowest BCUT2D eigenvalue weighted by atomic mass is 10.1. The predicted octanol–water partition coefficient (Wildman–Crippen LogP) is 1.47. The molecule has 4 nitrogen and oxygen atoms in total. The van der Waals surface area contributed by atoms with Crippen LogP contribution in [0.1, 0.15) is 25.0 Å². The van der Waals surface area contributed by atoms with E-state index in [2.05, 4.69) is 11.9 Å². The summed E-state index contributed by atoms with van der Waals surface area (Å²) in [6.07, 6.45) is 3.78. The number of aliphatic hydroxyl groups excluding tert-OH is 1. The van der Waals surface area contributed by atoms with Gasteiger partial charge in [0.25, 0.3) is 0 Å². The van der Waals surface area contributed by atoms with Crippen molar-refractivity contribution in [1.82, 2.24) is 9.88 Å². The summed E-state index contributed by atoms with van der Waals surface area (Å²) in [4.78, 5) is 6.00. The number of likely N-dealkylation sites (N-methyl/N-ethyl adjacent to an activating group) is 1. The summed E-state index contributed by atoms with van der Waals surface area (Å²) in [5.41, 5.74) is 0.794. The van der Waals surface area contributed by atoms with Gasteiger partial charge in [-0.3, -0.25) is 4.98 Å². The van der Waals surface area contributed by atoms with Crippen LogP contribution in [0.5, 0.6) is 5.75 Å². The number of aromatic nitrogens is 1. The maximum Gasteiger partial charge on any atom is 0.137 e. The fourth-order valence-electron chi connectivity index (χ4n) is 1.37. The SMILES string of the molecule is CCCOc1cncc(C(O)CN(C)C)c1. The molecule has 0 saturated heterocycles. The summed E-state index contributed by atoms with van der Waals surface area (Å²) in [5, 5.41) is 9.90. The van der Waals surface area contributed by atoms with Gasteiger partial charge in [-0.1, -0.05) is 6.92 Å². The molecule has 1 aromatic heterocycles. The van der Waals surface area contributed by atoms with Gasteiger partial charge in [0.2, 0.25) is 0 Å². The Morgan fingerprint density at radius 1 is 1.44 bits per heavy atom. The Bertz CT molecular complexity index is 316. The molecular formula is C12H20N2O2. The summed E-state index contributed by atoms with van der Waals surface area (Å²) in [5.74, 6) is 0.720. The van der Waals surface area contributed by atoms with Gasteiger partial charge in [-0.25, -0.2) is 0 Å². The van der Waals surface area contributed by atoms with E-state index in [9.17, 15) is 5.11 Å². The van der Waals surface area contributed by atoms with Crippen molar-refractivity contribution < 1.29 is 9.84 Å². The van der Waals surface area contributed by atoms with Crippen LogP contribution in [0.25, 0.3) is 0 Å². The second-order valence-electron chi connectivity index (χ2n) is 4.08. The molecule has 1 heterocycles. The summed E-state index contributed by atoms with van der Waals surface area (Å²) < 4.78 is 5.46. The molecule has 0 aromatic carbocycles. The van der Waals surface area contributed by atoms with Crippen molar-refractivity contribution in [3.05, 3.63) is 24.0 Å². The molecule has 4 heteroatoms. The van der Waals surface area contributed by atoms with Gasteiger partial charge in [-0.05, 0) is 26.6 Å². The van der Waals surface area contributed by atoms with Crippen molar-refractivity contribution in [3.8, 4) is 5.75 Å². The van der Waals surface area contributed by atoms with E-state index in [-0.39, 0.29) is 0 Å². The number of ether oxygens (including phenoxy) is 1. The summed E-state index contributed by atoms with van der Waals surface area (Å²) in [7, 11) is 3.85. The van der Waals surface area contributed by atoms with Crippen molar-refractivity contribution >= 4 is 0 Å². The lowest BCUT2D eigenvalue weighted by Crippen LogP contribution is -2.20. The highest BCUT2D eigenvalue weighted by molar-refractivity contribution is 5.25. The largest absolute Gasteiger partial charge is 0.492 e. The van der Waals surface area contributed by atoms with Gasteiger partial charge < -0.3 is 14.7 Å². The standard InChI is InChI=1S/C12H20N2O2/c1-4-5-16-11-6-10(7-13-8-11)12(15)9-14(2)3/h6-8,12,15H,4-5,9H2,1-3H3. The highest BCUT2D eigenvalue weighted by Crippen LogP contribution is 2.18. The number of hydrogen-bond acceptors (Lipinski definition) is 4. The van der Waals surface area contributed by atoms with Gasteiger partial charge in [-0.15, -0.1) is 0 Å². The second kappa shape index (κ2) is 6.45. The third kappa shape index (κ3) is 4.16. The molecule has 1 aromatic rings. The van der Waals surface area contributed by atoms with E-state index in [0.29, 0.717) is 13.2 Å². The van der Waals surface area contributed by atoms with E-state index >= 15 is 0 Å². The monoisotopic (exact) mass is 224 g/mol. The lowest BCUT2D eigenvalue weighted by Gasteiger charge is -2.16. The average molecular weight is 224 g/mol. The number of hydrogen-bond donors (Lipinski definition) is 1. The molecule has 1 rings (SSSR count). The van der Waals surface area contributed by atoms with E-state index in [1.54, 1.807) is 12.4 Å². The van der Waals surface area contributed by atoms with Crippen LogP contribution >= 0.6 is 0 Å². The van der Waals surface area contributed by atoms with Crippen molar-refractivity contribution in [2.45, 2.75) is 19.4 Å². The normalized spacial score (nSPS) is 12.8. The maximum atomic E-state index is 9.90. The first-order valence-corrected chi connectivity index (χ1v) is 5.54. The molecule has 90 valence electrons. The Kier molecular flexibility index (Phi) is 5.22.